The molecule has 1 aromatic heterocycles. The largest absolute Gasteiger partial charge is 0.370 e. The maximum atomic E-state index is 4.49. The van der Waals surface area contributed by atoms with E-state index in [-0.39, 0.29) is 0 Å². The number of rotatable bonds is 6. The van der Waals surface area contributed by atoms with Crippen molar-refractivity contribution in [1.82, 2.24) is 9.97 Å². The number of aryl methyl sites for hydroxylation is 1. The van der Waals surface area contributed by atoms with Crippen LogP contribution in [0.3, 0.4) is 0 Å². The van der Waals surface area contributed by atoms with Crippen molar-refractivity contribution in [2.24, 2.45) is 0 Å². The van der Waals surface area contributed by atoms with E-state index in [1.54, 1.807) is 6.33 Å². The van der Waals surface area contributed by atoms with Crippen LogP contribution in [0.15, 0.2) is 30.6 Å². The van der Waals surface area contributed by atoms with E-state index < -0.39 is 0 Å². The lowest BCUT2D eigenvalue weighted by molar-refractivity contribution is 0.869. The normalized spacial score (nSPS) is 10.5. The Hall–Kier alpha value is -2.10. The maximum absolute atomic E-state index is 4.49. The van der Waals surface area contributed by atoms with E-state index >= 15 is 0 Å². The fourth-order valence-corrected chi connectivity index (χ4v) is 2.54. The highest BCUT2D eigenvalue weighted by molar-refractivity contribution is 5.58. The summed E-state index contributed by atoms with van der Waals surface area (Å²) in [6, 6.07) is 8.59. The highest BCUT2D eigenvalue weighted by Gasteiger charge is 2.13. The standard InChI is InChI=1S/C17H24N4/c1-5-15-16(18-6-2)19-12-20-17(15)21(4)11-14-9-7-8-13(3)10-14/h7-10,12H,5-6,11H2,1-4H3,(H,18,19,20). The summed E-state index contributed by atoms with van der Waals surface area (Å²) < 4.78 is 0. The summed E-state index contributed by atoms with van der Waals surface area (Å²) >= 11 is 0. The Morgan fingerprint density at radius 3 is 2.67 bits per heavy atom. The van der Waals surface area contributed by atoms with Crippen molar-refractivity contribution in [1.29, 1.82) is 0 Å². The van der Waals surface area contributed by atoms with Crippen LogP contribution >= 0.6 is 0 Å². The Morgan fingerprint density at radius 1 is 1.19 bits per heavy atom. The molecule has 0 aliphatic heterocycles. The molecule has 4 heteroatoms. The van der Waals surface area contributed by atoms with E-state index in [0.717, 1.165) is 31.1 Å². The van der Waals surface area contributed by atoms with Gasteiger partial charge in [0.2, 0.25) is 0 Å². The Balaban J connectivity index is 2.26. The van der Waals surface area contributed by atoms with E-state index in [4.69, 9.17) is 0 Å². The number of anilines is 2. The lowest BCUT2D eigenvalue weighted by atomic mass is 10.1. The molecular weight excluding hydrogens is 260 g/mol. The van der Waals surface area contributed by atoms with Crippen molar-refractivity contribution in [2.75, 3.05) is 23.8 Å². The van der Waals surface area contributed by atoms with Gasteiger partial charge in [-0.25, -0.2) is 9.97 Å². The Bertz CT molecular complexity index is 595. The quantitative estimate of drug-likeness (QED) is 0.882. The van der Waals surface area contributed by atoms with E-state index in [1.807, 2.05) is 0 Å². The second-order valence-corrected chi connectivity index (χ2v) is 5.25. The SMILES string of the molecule is CCNc1ncnc(N(C)Cc2cccc(C)c2)c1CC. The van der Waals surface area contributed by atoms with Crippen LogP contribution in [0.4, 0.5) is 11.6 Å². The van der Waals surface area contributed by atoms with Crippen LogP contribution in [0, 0.1) is 6.92 Å². The van der Waals surface area contributed by atoms with Crippen molar-refractivity contribution in [3.05, 3.63) is 47.3 Å². The van der Waals surface area contributed by atoms with Gasteiger partial charge in [0.25, 0.3) is 0 Å². The Labute approximate surface area is 127 Å². The molecule has 4 nitrogen and oxygen atoms in total. The van der Waals surface area contributed by atoms with Crippen LogP contribution in [0.5, 0.6) is 0 Å². The lowest BCUT2D eigenvalue weighted by Gasteiger charge is -2.22. The predicted molar refractivity (Wildman–Crippen MR) is 88.9 cm³/mol. The van der Waals surface area contributed by atoms with Crippen molar-refractivity contribution >= 4 is 11.6 Å². The van der Waals surface area contributed by atoms with Crippen molar-refractivity contribution in [3.63, 3.8) is 0 Å². The molecule has 0 spiro atoms. The van der Waals surface area contributed by atoms with E-state index in [0.29, 0.717) is 0 Å². The summed E-state index contributed by atoms with van der Waals surface area (Å²) in [5.74, 6) is 1.95. The second kappa shape index (κ2) is 7.07. The van der Waals surface area contributed by atoms with Gasteiger partial charge in [0.1, 0.15) is 18.0 Å². The second-order valence-electron chi connectivity index (χ2n) is 5.25. The van der Waals surface area contributed by atoms with E-state index in [2.05, 4.69) is 72.3 Å². The summed E-state index contributed by atoms with van der Waals surface area (Å²) in [6.45, 7) is 8.05. The molecule has 0 aliphatic rings. The third kappa shape index (κ3) is 3.72. The number of nitrogens with one attached hydrogen (secondary N) is 1. The first kappa shape index (κ1) is 15.3. The average molecular weight is 284 g/mol. The first-order valence-corrected chi connectivity index (χ1v) is 7.50. The zero-order valence-electron chi connectivity index (χ0n) is 13.3. The van der Waals surface area contributed by atoms with Crippen molar-refractivity contribution in [3.8, 4) is 0 Å². The minimum absolute atomic E-state index is 0.845. The molecule has 0 atom stereocenters. The molecule has 1 heterocycles. The van der Waals surface area contributed by atoms with Gasteiger partial charge in [0, 0.05) is 25.7 Å². The van der Waals surface area contributed by atoms with Gasteiger partial charge < -0.3 is 10.2 Å². The summed E-state index contributed by atoms with van der Waals surface area (Å²) in [4.78, 5) is 11.0. The summed E-state index contributed by atoms with van der Waals surface area (Å²) in [5, 5.41) is 3.32. The first-order valence-electron chi connectivity index (χ1n) is 7.50. The van der Waals surface area contributed by atoms with Crippen LogP contribution in [0.2, 0.25) is 0 Å². The fourth-order valence-electron chi connectivity index (χ4n) is 2.54. The number of aromatic nitrogens is 2. The van der Waals surface area contributed by atoms with Gasteiger partial charge in [0.15, 0.2) is 0 Å². The topological polar surface area (TPSA) is 41.1 Å². The first-order chi connectivity index (χ1) is 10.2. The van der Waals surface area contributed by atoms with Gasteiger partial charge in [-0.1, -0.05) is 36.8 Å². The molecule has 0 bridgehead atoms. The third-order valence-electron chi connectivity index (χ3n) is 3.48. The number of benzene rings is 1. The smallest absolute Gasteiger partial charge is 0.137 e. The van der Waals surface area contributed by atoms with Crippen molar-refractivity contribution in [2.45, 2.75) is 33.7 Å². The summed E-state index contributed by atoms with van der Waals surface area (Å²) in [5.41, 5.74) is 3.75. The molecule has 1 N–H and O–H groups in total. The molecule has 112 valence electrons. The molecule has 0 aliphatic carbocycles. The Kier molecular flexibility index (Phi) is 5.14. The zero-order valence-corrected chi connectivity index (χ0v) is 13.3. The number of nitrogens with zero attached hydrogens (tertiary/aromatic N) is 3. The van der Waals surface area contributed by atoms with E-state index in [1.165, 1.54) is 16.7 Å². The van der Waals surface area contributed by atoms with Gasteiger partial charge in [0.05, 0.1) is 0 Å². The van der Waals surface area contributed by atoms with E-state index in [9.17, 15) is 0 Å². The summed E-state index contributed by atoms with van der Waals surface area (Å²) in [6.07, 6.45) is 2.55. The minimum atomic E-state index is 0.845. The Morgan fingerprint density at radius 2 is 2.00 bits per heavy atom. The van der Waals surface area contributed by atoms with Crippen LogP contribution < -0.4 is 10.2 Å². The molecular formula is C17H24N4. The maximum Gasteiger partial charge on any atom is 0.137 e. The van der Waals surface area contributed by atoms with Gasteiger partial charge in [-0.15, -0.1) is 0 Å². The zero-order chi connectivity index (χ0) is 15.2. The molecule has 2 aromatic rings. The minimum Gasteiger partial charge on any atom is -0.370 e. The third-order valence-corrected chi connectivity index (χ3v) is 3.48. The highest BCUT2D eigenvalue weighted by Crippen LogP contribution is 2.24. The molecule has 2 rings (SSSR count). The van der Waals surface area contributed by atoms with Crippen LogP contribution in [0.25, 0.3) is 0 Å². The van der Waals surface area contributed by atoms with Crippen LogP contribution in [0.1, 0.15) is 30.5 Å². The molecule has 21 heavy (non-hydrogen) atoms. The van der Waals surface area contributed by atoms with Gasteiger partial charge in [-0.2, -0.15) is 0 Å². The monoisotopic (exact) mass is 284 g/mol. The van der Waals surface area contributed by atoms with Gasteiger partial charge >= 0.3 is 0 Å². The predicted octanol–water partition coefficient (Wildman–Crippen LogP) is 3.42. The molecule has 0 radical (unpaired) electrons. The summed E-state index contributed by atoms with van der Waals surface area (Å²) in [7, 11) is 2.08. The molecule has 0 saturated heterocycles. The lowest BCUT2D eigenvalue weighted by Crippen LogP contribution is -2.20. The molecule has 0 fully saturated rings. The van der Waals surface area contributed by atoms with Gasteiger partial charge in [-0.05, 0) is 25.8 Å². The number of hydrogen-bond donors (Lipinski definition) is 1. The van der Waals surface area contributed by atoms with Gasteiger partial charge in [-0.3, -0.25) is 0 Å². The fraction of sp³-hybridized carbons (Fsp3) is 0.412. The van der Waals surface area contributed by atoms with Crippen molar-refractivity contribution < 1.29 is 0 Å². The average Bonchev–Trinajstić information content (AvgIpc) is 2.47. The highest BCUT2D eigenvalue weighted by atomic mass is 15.2. The van der Waals surface area contributed by atoms with Crippen LogP contribution in [-0.4, -0.2) is 23.6 Å². The van der Waals surface area contributed by atoms with Crippen LogP contribution in [-0.2, 0) is 13.0 Å². The molecule has 0 amide bonds. The molecule has 0 saturated carbocycles. The molecule has 0 unspecified atom stereocenters. The number of hydrogen-bond acceptors (Lipinski definition) is 4. The molecule has 1 aromatic carbocycles.